The average molecular weight is 434 g/mol. The van der Waals surface area contributed by atoms with E-state index in [1.807, 2.05) is 55.5 Å². The molecule has 1 unspecified atom stereocenters. The zero-order valence-corrected chi connectivity index (χ0v) is 18.1. The molecule has 0 radical (unpaired) electrons. The molecule has 8 nitrogen and oxygen atoms in total. The van der Waals surface area contributed by atoms with Crippen LogP contribution in [0.15, 0.2) is 53.1 Å². The SMILES string of the molecule is COc1ccc(-c2noc(CCC(=O)NC(C)c3ccc(NC(=O)C4CC4)cc3)n2)cc1. The molecule has 4 rings (SSSR count). The van der Waals surface area contributed by atoms with Gasteiger partial charge in [0, 0.05) is 30.0 Å². The lowest BCUT2D eigenvalue weighted by molar-refractivity contribution is -0.121. The van der Waals surface area contributed by atoms with Crippen molar-refractivity contribution in [2.45, 2.75) is 38.6 Å². The van der Waals surface area contributed by atoms with Gasteiger partial charge in [0.15, 0.2) is 0 Å². The predicted octanol–water partition coefficient (Wildman–Crippen LogP) is 3.90. The van der Waals surface area contributed by atoms with Crippen molar-refractivity contribution in [3.8, 4) is 17.1 Å². The summed E-state index contributed by atoms with van der Waals surface area (Å²) in [4.78, 5) is 28.6. The first-order valence-electron chi connectivity index (χ1n) is 10.7. The van der Waals surface area contributed by atoms with Crippen molar-refractivity contribution >= 4 is 17.5 Å². The smallest absolute Gasteiger partial charge is 0.227 e. The minimum atomic E-state index is -0.159. The van der Waals surface area contributed by atoms with Gasteiger partial charge < -0.3 is 19.9 Å². The summed E-state index contributed by atoms with van der Waals surface area (Å²) in [5.41, 5.74) is 2.55. The van der Waals surface area contributed by atoms with E-state index in [4.69, 9.17) is 9.26 Å². The Morgan fingerprint density at radius 3 is 2.50 bits per heavy atom. The van der Waals surface area contributed by atoms with Crippen molar-refractivity contribution < 1.29 is 18.8 Å². The fourth-order valence-corrected chi connectivity index (χ4v) is 3.28. The first kappa shape index (κ1) is 21.5. The van der Waals surface area contributed by atoms with E-state index in [0.717, 1.165) is 35.4 Å². The van der Waals surface area contributed by atoms with Gasteiger partial charge in [-0.25, -0.2) is 0 Å². The molecule has 0 aliphatic heterocycles. The first-order valence-corrected chi connectivity index (χ1v) is 10.7. The van der Waals surface area contributed by atoms with Crippen LogP contribution in [0.3, 0.4) is 0 Å². The average Bonchev–Trinajstić information content (AvgIpc) is 3.56. The Labute approximate surface area is 186 Å². The van der Waals surface area contributed by atoms with Crippen LogP contribution >= 0.6 is 0 Å². The number of carbonyl (C=O) groups is 2. The molecular weight excluding hydrogens is 408 g/mol. The maximum Gasteiger partial charge on any atom is 0.227 e. The van der Waals surface area contributed by atoms with Crippen LogP contribution in [-0.2, 0) is 16.0 Å². The number of carbonyl (C=O) groups excluding carboxylic acids is 2. The monoisotopic (exact) mass is 434 g/mol. The Kier molecular flexibility index (Phi) is 6.49. The van der Waals surface area contributed by atoms with Gasteiger partial charge in [-0.05, 0) is 61.7 Å². The summed E-state index contributed by atoms with van der Waals surface area (Å²) in [6, 6.07) is 14.7. The molecular formula is C24H26N4O4. The van der Waals surface area contributed by atoms with Crippen LogP contribution in [0, 0.1) is 5.92 Å². The summed E-state index contributed by atoms with van der Waals surface area (Å²) in [6.45, 7) is 1.92. The van der Waals surface area contributed by atoms with Gasteiger partial charge in [-0.1, -0.05) is 17.3 Å². The number of hydrogen-bond donors (Lipinski definition) is 2. The number of anilines is 1. The fraction of sp³-hybridized carbons (Fsp3) is 0.333. The highest BCUT2D eigenvalue weighted by Crippen LogP contribution is 2.30. The molecule has 3 aromatic rings. The van der Waals surface area contributed by atoms with Crippen molar-refractivity contribution in [3.63, 3.8) is 0 Å². The number of nitrogens with zero attached hydrogens (tertiary/aromatic N) is 2. The van der Waals surface area contributed by atoms with Crippen LogP contribution < -0.4 is 15.4 Å². The van der Waals surface area contributed by atoms with Crippen molar-refractivity contribution in [1.29, 1.82) is 0 Å². The molecule has 1 aliphatic carbocycles. The molecule has 0 bridgehead atoms. The molecule has 8 heteroatoms. The molecule has 0 saturated heterocycles. The maximum atomic E-state index is 12.4. The standard InChI is InChI=1S/C24H26N4O4/c1-15(16-5-9-19(10-6-16)26-24(30)18-3-4-18)25-21(29)13-14-22-27-23(28-32-22)17-7-11-20(31-2)12-8-17/h5-12,15,18H,3-4,13-14H2,1-2H3,(H,25,29)(H,26,30). The van der Waals surface area contributed by atoms with Gasteiger partial charge in [0.25, 0.3) is 0 Å². The van der Waals surface area contributed by atoms with Crippen LogP contribution in [0.1, 0.15) is 43.7 Å². The Hall–Kier alpha value is -3.68. The van der Waals surface area contributed by atoms with E-state index in [2.05, 4.69) is 20.8 Å². The summed E-state index contributed by atoms with van der Waals surface area (Å²) in [7, 11) is 1.61. The molecule has 1 saturated carbocycles. The molecule has 1 aliphatic rings. The Morgan fingerprint density at radius 2 is 1.84 bits per heavy atom. The predicted molar refractivity (Wildman–Crippen MR) is 119 cm³/mol. The Balaban J connectivity index is 1.25. The van der Waals surface area contributed by atoms with Gasteiger partial charge in [-0.3, -0.25) is 9.59 Å². The van der Waals surface area contributed by atoms with Crippen LogP contribution in [0.25, 0.3) is 11.4 Å². The van der Waals surface area contributed by atoms with Gasteiger partial charge in [-0.2, -0.15) is 4.98 Å². The zero-order valence-electron chi connectivity index (χ0n) is 18.1. The van der Waals surface area contributed by atoms with Crippen molar-refractivity contribution in [2.24, 2.45) is 5.92 Å². The molecule has 1 fully saturated rings. The molecule has 1 aromatic heterocycles. The Morgan fingerprint density at radius 1 is 1.12 bits per heavy atom. The summed E-state index contributed by atoms with van der Waals surface area (Å²) >= 11 is 0. The molecule has 32 heavy (non-hydrogen) atoms. The summed E-state index contributed by atoms with van der Waals surface area (Å²) in [5, 5.41) is 9.87. The van der Waals surface area contributed by atoms with E-state index in [1.54, 1.807) is 7.11 Å². The number of aromatic nitrogens is 2. The van der Waals surface area contributed by atoms with E-state index in [9.17, 15) is 9.59 Å². The number of hydrogen-bond acceptors (Lipinski definition) is 6. The molecule has 0 spiro atoms. The molecule has 1 heterocycles. The van der Waals surface area contributed by atoms with Gasteiger partial charge in [0.05, 0.1) is 13.2 Å². The van der Waals surface area contributed by atoms with E-state index in [-0.39, 0.29) is 30.2 Å². The number of benzene rings is 2. The maximum absolute atomic E-state index is 12.4. The molecule has 2 aromatic carbocycles. The lowest BCUT2D eigenvalue weighted by Crippen LogP contribution is -2.26. The molecule has 1 atom stereocenters. The van der Waals surface area contributed by atoms with Gasteiger partial charge in [0.2, 0.25) is 23.5 Å². The van der Waals surface area contributed by atoms with E-state index < -0.39 is 0 Å². The van der Waals surface area contributed by atoms with E-state index in [0.29, 0.717) is 18.1 Å². The second-order valence-electron chi connectivity index (χ2n) is 7.91. The number of rotatable bonds is 9. The third kappa shape index (κ3) is 5.51. The minimum Gasteiger partial charge on any atom is -0.497 e. The summed E-state index contributed by atoms with van der Waals surface area (Å²) in [5.74, 6) is 1.78. The lowest BCUT2D eigenvalue weighted by atomic mass is 10.1. The second kappa shape index (κ2) is 9.64. The van der Waals surface area contributed by atoms with Crippen LogP contribution in [0.4, 0.5) is 5.69 Å². The molecule has 2 N–H and O–H groups in total. The van der Waals surface area contributed by atoms with Crippen molar-refractivity contribution in [3.05, 3.63) is 60.0 Å². The highest BCUT2D eigenvalue weighted by Gasteiger charge is 2.29. The highest BCUT2D eigenvalue weighted by molar-refractivity contribution is 5.94. The van der Waals surface area contributed by atoms with Gasteiger partial charge in [-0.15, -0.1) is 0 Å². The molecule has 166 valence electrons. The van der Waals surface area contributed by atoms with Crippen LogP contribution in [0.5, 0.6) is 5.75 Å². The van der Waals surface area contributed by atoms with Crippen molar-refractivity contribution in [1.82, 2.24) is 15.5 Å². The number of aryl methyl sites for hydroxylation is 1. The van der Waals surface area contributed by atoms with E-state index in [1.165, 1.54) is 0 Å². The van der Waals surface area contributed by atoms with Crippen LogP contribution in [0.2, 0.25) is 0 Å². The lowest BCUT2D eigenvalue weighted by Gasteiger charge is -2.15. The first-order chi connectivity index (χ1) is 15.5. The third-order valence-corrected chi connectivity index (χ3v) is 5.39. The second-order valence-corrected chi connectivity index (χ2v) is 7.91. The minimum absolute atomic E-state index is 0.0790. The largest absolute Gasteiger partial charge is 0.497 e. The normalized spacial score (nSPS) is 13.9. The van der Waals surface area contributed by atoms with Crippen LogP contribution in [-0.4, -0.2) is 29.1 Å². The zero-order chi connectivity index (χ0) is 22.5. The number of nitrogens with one attached hydrogen (secondary N) is 2. The van der Waals surface area contributed by atoms with Crippen molar-refractivity contribution in [2.75, 3.05) is 12.4 Å². The fourth-order valence-electron chi connectivity index (χ4n) is 3.28. The highest BCUT2D eigenvalue weighted by atomic mass is 16.5. The summed E-state index contributed by atoms with van der Waals surface area (Å²) in [6.07, 6.45) is 2.54. The van der Waals surface area contributed by atoms with Gasteiger partial charge >= 0.3 is 0 Å². The van der Waals surface area contributed by atoms with Gasteiger partial charge in [0.1, 0.15) is 5.75 Å². The Bertz CT molecular complexity index is 1070. The molecule has 2 amide bonds. The number of ether oxygens (including phenoxy) is 1. The summed E-state index contributed by atoms with van der Waals surface area (Å²) < 4.78 is 10.4. The topological polar surface area (TPSA) is 106 Å². The quantitative estimate of drug-likeness (QED) is 0.529. The number of amides is 2. The number of methoxy groups -OCH3 is 1. The van der Waals surface area contributed by atoms with E-state index >= 15 is 0 Å². The third-order valence-electron chi connectivity index (χ3n) is 5.39.